The quantitative estimate of drug-likeness (QED) is 0.487. The summed E-state index contributed by atoms with van der Waals surface area (Å²) in [5, 5.41) is 12.2. The second kappa shape index (κ2) is 7.25. The van der Waals surface area contributed by atoms with Crippen LogP contribution in [0.25, 0.3) is 0 Å². The molecule has 0 aliphatic heterocycles. The molecule has 3 nitrogen and oxygen atoms in total. The Bertz CT molecular complexity index is 302. The largest absolute Gasteiger partial charge is 0.398 e. The number of aliphatic hydroxyl groups excluding tert-OH is 1. The van der Waals surface area contributed by atoms with Gasteiger partial charge in [-0.1, -0.05) is 25.1 Å². The summed E-state index contributed by atoms with van der Waals surface area (Å²) in [7, 11) is 0. The first-order valence-corrected chi connectivity index (χ1v) is 5.89. The summed E-state index contributed by atoms with van der Waals surface area (Å²) >= 11 is 0. The van der Waals surface area contributed by atoms with Crippen molar-refractivity contribution in [3.05, 3.63) is 29.8 Å². The van der Waals surface area contributed by atoms with E-state index in [1.165, 1.54) is 0 Å². The molecule has 0 aliphatic carbocycles. The summed E-state index contributed by atoms with van der Waals surface area (Å²) in [6.45, 7) is 4.14. The number of nitrogens with one attached hydrogen (secondary N) is 1. The van der Waals surface area contributed by atoms with E-state index in [4.69, 9.17) is 10.8 Å². The molecule has 16 heavy (non-hydrogen) atoms. The fourth-order valence-corrected chi connectivity index (χ4v) is 1.59. The van der Waals surface area contributed by atoms with E-state index in [-0.39, 0.29) is 6.61 Å². The lowest BCUT2D eigenvalue weighted by Crippen LogP contribution is -2.16. The number of para-hydroxylation sites is 1. The first-order chi connectivity index (χ1) is 7.74. The molecule has 0 bridgehead atoms. The maximum atomic E-state index is 8.87. The van der Waals surface area contributed by atoms with E-state index in [0.717, 1.165) is 37.2 Å². The number of hydrogen-bond donors (Lipinski definition) is 3. The Hall–Kier alpha value is -1.06. The highest BCUT2D eigenvalue weighted by Gasteiger charge is 2.00. The van der Waals surface area contributed by atoms with E-state index in [9.17, 15) is 0 Å². The third kappa shape index (κ3) is 4.64. The number of nitrogens with two attached hydrogens (primary N) is 1. The van der Waals surface area contributed by atoms with Crippen LogP contribution in [-0.2, 0) is 6.54 Å². The lowest BCUT2D eigenvalue weighted by atomic mass is 10.1. The maximum Gasteiger partial charge on any atom is 0.0456 e. The van der Waals surface area contributed by atoms with E-state index >= 15 is 0 Å². The van der Waals surface area contributed by atoms with Crippen molar-refractivity contribution in [2.24, 2.45) is 5.92 Å². The Balaban J connectivity index is 2.14. The predicted molar refractivity (Wildman–Crippen MR) is 68.0 cm³/mol. The SMILES string of the molecule is CC(CO)CCCNCc1ccccc1N. The van der Waals surface area contributed by atoms with Crippen LogP contribution >= 0.6 is 0 Å². The molecule has 0 amide bonds. The average molecular weight is 222 g/mol. The van der Waals surface area contributed by atoms with Crippen LogP contribution in [0, 0.1) is 5.92 Å². The van der Waals surface area contributed by atoms with Gasteiger partial charge in [-0.15, -0.1) is 0 Å². The lowest BCUT2D eigenvalue weighted by Gasteiger charge is -2.09. The van der Waals surface area contributed by atoms with Gasteiger partial charge in [-0.3, -0.25) is 0 Å². The van der Waals surface area contributed by atoms with Gasteiger partial charge in [0, 0.05) is 18.8 Å². The van der Waals surface area contributed by atoms with Gasteiger partial charge in [0.05, 0.1) is 0 Å². The molecule has 0 spiro atoms. The van der Waals surface area contributed by atoms with Crippen LogP contribution in [-0.4, -0.2) is 18.3 Å². The molecule has 1 atom stereocenters. The molecule has 1 aromatic rings. The van der Waals surface area contributed by atoms with E-state index in [2.05, 4.69) is 12.2 Å². The van der Waals surface area contributed by atoms with Crippen LogP contribution in [0.5, 0.6) is 0 Å². The molecule has 0 fully saturated rings. The number of rotatable bonds is 7. The normalized spacial score (nSPS) is 12.6. The maximum absolute atomic E-state index is 8.87. The fraction of sp³-hybridized carbons (Fsp3) is 0.538. The van der Waals surface area contributed by atoms with Gasteiger partial charge in [0.1, 0.15) is 0 Å². The van der Waals surface area contributed by atoms with Crippen molar-refractivity contribution < 1.29 is 5.11 Å². The van der Waals surface area contributed by atoms with Crippen molar-refractivity contribution in [1.29, 1.82) is 0 Å². The second-order valence-electron chi connectivity index (χ2n) is 4.31. The summed E-state index contributed by atoms with van der Waals surface area (Å²) < 4.78 is 0. The Morgan fingerprint density at radius 1 is 1.38 bits per heavy atom. The van der Waals surface area contributed by atoms with Crippen molar-refractivity contribution in [2.75, 3.05) is 18.9 Å². The Morgan fingerprint density at radius 3 is 2.81 bits per heavy atom. The summed E-state index contributed by atoms with van der Waals surface area (Å²) in [5.41, 5.74) is 7.83. The van der Waals surface area contributed by atoms with Crippen LogP contribution in [0.2, 0.25) is 0 Å². The second-order valence-corrected chi connectivity index (χ2v) is 4.31. The molecular weight excluding hydrogens is 200 g/mol. The molecular formula is C13H22N2O. The molecule has 0 aromatic heterocycles. The van der Waals surface area contributed by atoms with E-state index in [0.29, 0.717) is 5.92 Å². The van der Waals surface area contributed by atoms with Gasteiger partial charge in [0.25, 0.3) is 0 Å². The molecule has 90 valence electrons. The van der Waals surface area contributed by atoms with Crippen LogP contribution in [0.3, 0.4) is 0 Å². The molecule has 1 aromatic carbocycles. The Kier molecular flexibility index (Phi) is 5.90. The molecule has 0 saturated carbocycles. The van der Waals surface area contributed by atoms with E-state index < -0.39 is 0 Å². The third-order valence-electron chi connectivity index (χ3n) is 2.73. The number of benzene rings is 1. The molecule has 0 saturated heterocycles. The first kappa shape index (κ1) is 13.0. The minimum atomic E-state index is 0.283. The van der Waals surface area contributed by atoms with Crippen LogP contribution < -0.4 is 11.1 Å². The van der Waals surface area contributed by atoms with Crippen LogP contribution in [0.15, 0.2) is 24.3 Å². The minimum Gasteiger partial charge on any atom is -0.398 e. The molecule has 0 heterocycles. The smallest absolute Gasteiger partial charge is 0.0456 e. The lowest BCUT2D eigenvalue weighted by molar-refractivity contribution is 0.228. The Labute approximate surface area is 97.7 Å². The fourth-order valence-electron chi connectivity index (χ4n) is 1.59. The zero-order valence-corrected chi connectivity index (χ0v) is 9.95. The van der Waals surface area contributed by atoms with Crippen LogP contribution in [0.4, 0.5) is 5.69 Å². The first-order valence-electron chi connectivity index (χ1n) is 5.89. The van der Waals surface area contributed by atoms with Crippen LogP contribution in [0.1, 0.15) is 25.3 Å². The molecule has 0 radical (unpaired) electrons. The van der Waals surface area contributed by atoms with Crippen molar-refractivity contribution in [1.82, 2.24) is 5.32 Å². The van der Waals surface area contributed by atoms with Gasteiger partial charge in [-0.25, -0.2) is 0 Å². The molecule has 4 N–H and O–H groups in total. The summed E-state index contributed by atoms with van der Waals surface area (Å²) in [6.07, 6.45) is 2.15. The number of hydrogen-bond acceptors (Lipinski definition) is 3. The number of aliphatic hydroxyl groups is 1. The molecule has 1 unspecified atom stereocenters. The van der Waals surface area contributed by atoms with Gasteiger partial charge in [0.15, 0.2) is 0 Å². The minimum absolute atomic E-state index is 0.283. The van der Waals surface area contributed by atoms with Crippen molar-refractivity contribution in [2.45, 2.75) is 26.3 Å². The highest BCUT2D eigenvalue weighted by Crippen LogP contribution is 2.09. The van der Waals surface area contributed by atoms with E-state index in [1.807, 2.05) is 24.3 Å². The predicted octanol–water partition coefficient (Wildman–Crippen LogP) is 1.77. The highest BCUT2D eigenvalue weighted by atomic mass is 16.3. The molecule has 3 heteroatoms. The van der Waals surface area contributed by atoms with E-state index in [1.54, 1.807) is 0 Å². The number of nitrogen functional groups attached to an aromatic ring is 1. The van der Waals surface area contributed by atoms with Gasteiger partial charge in [-0.05, 0) is 36.9 Å². The number of anilines is 1. The van der Waals surface area contributed by atoms with Crippen molar-refractivity contribution >= 4 is 5.69 Å². The Morgan fingerprint density at radius 2 is 2.12 bits per heavy atom. The van der Waals surface area contributed by atoms with Crippen molar-refractivity contribution in [3.63, 3.8) is 0 Å². The molecule has 1 rings (SSSR count). The summed E-state index contributed by atoms with van der Waals surface area (Å²) in [6, 6.07) is 7.91. The van der Waals surface area contributed by atoms with Gasteiger partial charge >= 0.3 is 0 Å². The summed E-state index contributed by atoms with van der Waals surface area (Å²) in [5.74, 6) is 0.406. The average Bonchev–Trinajstić information content (AvgIpc) is 2.30. The molecule has 0 aliphatic rings. The zero-order chi connectivity index (χ0) is 11.8. The third-order valence-corrected chi connectivity index (χ3v) is 2.73. The topological polar surface area (TPSA) is 58.3 Å². The van der Waals surface area contributed by atoms with Crippen molar-refractivity contribution in [3.8, 4) is 0 Å². The van der Waals surface area contributed by atoms with Gasteiger partial charge in [0.2, 0.25) is 0 Å². The summed E-state index contributed by atoms with van der Waals surface area (Å²) in [4.78, 5) is 0. The monoisotopic (exact) mass is 222 g/mol. The standard InChI is InChI=1S/C13H22N2O/c1-11(10-16)5-4-8-15-9-12-6-2-3-7-13(12)14/h2-3,6-7,11,15-16H,4-5,8-10,14H2,1H3. The highest BCUT2D eigenvalue weighted by molar-refractivity contribution is 5.46. The zero-order valence-electron chi connectivity index (χ0n) is 9.95. The van der Waals surface area contributed by atoms with Gasteiger partial charge < -0.3 is 16.2 Å². The van der Waals surface area contributed by atoms with Gasteiger partial charge in [-0.2, -0.15) is 0 Å².